The third kappa shape index (κ3) is 36.2. The zero-order chi connectivity index (χ0) is 39.3. The summed E-state index contributed by atoms with van der Waals surface area (Å²) in [5, 5.41) is 8.87. The Kier molecular flexibility index (Phi) is 34.7. The molecule has 0 saturated heterocycles. The molecule has 0 radical (unpaired) electrons. The van der Waals surface area contributed by atoms with Gasteiger partial charge in [0.2, 0.25) is 0 Å². The lowest BCUT2D eigenvalue weighted by Crippen LogP contribution is -2.34. The molecular formula is C41H72NO10P. The van der Waals surface area contributed by atoms with Gasteiger partial charge in [0.1, 0.15) is 12.6 Å². The Morgan fingerprint density at radius 2 is 1.02 bits per heavy atom. The molecule has 0 saturated carbocycles. The van der Waals surface area contributed by atoms with E-state index in [1.165, 1.54) is 51.4 Å². The zero-order valence-corrected chi connectivity index (χ0v) is 33.7. The number of esters is 2. The van der Waals surface area contributed by atoms with Gasteiger partial charge in [-0.05, 0) is 70.6 Å². The highest BCUT2D eigenvalue weighted by Gasteiger charge is 2.28. The number of phosphoric acid groups is 1. The van der Waals surface area contributed by atoms with Crippen molar-refractivity contribution in [1.82, 2.24) is 0 Å². The van der Waals surface area contributed by atoms with E-state index in [4.69, 9.17) is 24.8 Å². The molecule has 0 aromatic rings. The third-order valence-electron chi connectivity index (χ3n) is 8.30. The smallest absolute Gasteiger partial charge is 0.472 e. The molecule has 3 atom stereocenters. The maximum atomic E-state index is 12.6. The highest BCUT2D eigenvalue weighted by molar-refractivity contribution is 7.47. The van der Waals surface area contributed by atoms with Crippen LogP contribution in [0.3, 0.4) is 0 Å². The predicted octanol–water partition coefficient (Wildman–Crippen LogP) is 10.2. The number of hydrogen-bond donors (Lipinski definition) is 3. The summed E-state index contributed by atoms with van der Waals surface area (Å²) in [5.41, 5.74) is 5.32. The van der Waals surface area contributed by atoms with Crippen LogP contribution in [-0.2, 0) is 37.5 Å². The standard InChI is InChI=1S/C41H72NO10P/c1-3-5-7-9-11-13-15-17-19-21-23-25-27-29-31-33-40(44)52-37(35-50-53(47,48)51-36-38(42)41(45)46)34-49-39(43)32-30-28-26-24-22-20-18-16-14-12-10-8-6-4-2/h10,12,16-19,23,25,37-38H,3-9,11,13-15,20-22,24,26-36,42H2,1-2H3,(H,45,46)(H,47,48)/b12-10+,18-16+,19-17+,25-23+/t37-,38+/m1/s1. The summed E-state index contributed by atoms with van der Waals surface area (Å²) >= 11 is 0. The SMILES string of the molecule is CCCC/C=C/C/C=C/CCCCCCCC(=O)OC[C@H](COP(=O)(O)OC[C@H](N)C(=O)O)OC(=O)CCCC/C=C/C/C=C/CCCCCCCC. The lowest BCUT2D eigenvalue weighted by atomic mass is 10.1. The number of ether oxygens (including phenoxy) is 2. The van der Waals surface area contributed by atoms with Crippen LogP contribution in [0.2, 0.25) is 0 Å². The maximum Gasteiger partial charge on any atom is 0.472 e. The Labute approximate surface area is 320 Å². The Morgan fingerprint density at radius 1 is 0.585 bits per heavy atom. The largest absolute Gasteiger partial charge is 0.480 e. The number of rotatable bonds is 37. The minimum absolute atomic E-state index is 0.114. The molecule has 0 aliphatic carbocycles. The van der Waals surface area contributed by atoms with Gasteiger partial charge in [0.25, 0.3) is 0 Å². The van der Waals surface area contributed by atoms with E-state index in [0.29, 0.717) is 12.8 Å². The van der Waals surface area contributed by atoms with Gasteiger partial charge in [-0.1, -0.05) is 127 Å². The summed E-state index contributed by atoms with van der Waals surface area (Å²) in [5.74, 6) is -2.44. The second kappa shape index (κ2) is 36.4. The molecule has 11 nitrogen and oxygen atoms in total. The van der Waals surface area contributed by atoms with Crippen molar-refractivity contribution in [3.63, 3.8) is 0 Å². The van der Waals surface area contributed by atoms with Gasteiger partial charge in [0, 0.05) is 12.8 Å². The van der Waals surface area contributed by atoms with E-state index in [0.717, 1.165) is 70.6 Å². The number of aliphatic carboxylic acids is 1. The molecule has 0 rings (SSSR count). The molecule has 53 heavy (non-hydrogen) atoms. The molecule has 0 bridgehead atoms. The summed E-state index contributed by atoms with van der Waals surface area (Å²) in [7, 11) is -4.72. The van der Waals surface area contributed by atoms with Crippen LogP contribution < -0.4 is 5.73 Å². The van der Waals surface area contributed by atoms with Gasteiger partial charge in [-0.3, -0.25) is 23.4 Å². The second-order valence-corrected chi connectivity index (χ2v) is 14.9. The Hall–Kier alpha value is -2.56. The van der Waals surface area contributed by atoms with Crippen molar-refractivity contribution in [2.45, 2.75) is 174 Å². The normalized spacial score (nSPS) is 14.3. The minimum Gasteiger partial charge on any atom is -0.480 e. The molecule has 0 aromatic carbocycles. The molecule has 0 heterocycles. The Morgan fingerprint density at radius 3 is 1.57 bits per heavy atom. The topological polar surface area (TPSA) is 172 Å². The Bertz CT molecular complexity index is 1090. The highest BCUT2D eigenvalue weighted by atomic mass is 31.2. The highest BCUT2D eigenvalue weighted by Crippen LogP contribution is 2.43. The number of carboxylic acid groups (broad SMARTS) is 1. The van der Waals surface area contributed by atoms with Crippen LogP contribution in [0.15, 0.2) is 48.6 Å². The van der Waals surface area contributed by atoms with Crippen molar-refractivity contribution in [3.8, 4) is 0 Å². The van der Waals surface area contributed by atoms with Gasteiger partial charge in [-0.2, -0.15) is 0 Å². The van der Waals surface area contributed by atoms with Crippen molar-refractivity contribution in [2.24, 2.45) is 5.73 Å². The minimum atomic E-state index is -4.72. The average Bonchev–Trinajstić information content (AvgIpc) is 3.13. The van der Waals surface area contributed by atoms with Gasteiger partial charge < -0.3 is 25.2 Å². The van der Waals surface area contributed by atoms with Crippen LogP contribution in [0, 0.1) is 0 Å². The molecule has 0 aliphatic rings. The number of allylic oxidation sites excluding steroid dienone is 8. The van der Waals surface area contributed by atoms with E-state index in [2.05, 4.69) is 67.0 Å². The molecule has 0 spiro atoms. The van der Waals surface area contributed by atoms with Crippen molar-refractivity contribution in [2.75, 3.05) is 19.8 Å². The number of phosphoric ester groups is 1. The van der Waals surface area contributed by atoms with Gasteiger partial charge in [0.15, 0.2) is 6.10 Å². The summed E-state index contributed by atoms with van der Waals surface area (Å²) in [6.45, 7) is 2.69. The van der Waals surface area contributed by atoms with Crippen LogP contribution >= 0.6 is 7.82 Å². The van der Waals surface area contributed by atoms with E-state index >= 15 is 0 Å². The fourth-order valence-corrected chi connectivity index (χ4v) is 5.83. The summed E-state index contributed by atoms with van der Waals surface area (Å²) in [6, 6.07) is -1.53. The second-order valence-electron chi connectivity index (χ2n) is 13.4. The summed E-state index contributed by atoms with van der Waals surface area (Å²) in [4.78, 5) is 45.8. The fraction of sp³-hybridized carbons (Fsp3) is 0.732. The number of carboxylic acids is 1. The van der Waals surface area contributed by atoms with Crippen molar-refractivity contribution < 1.29 is 47.5 Å². The van der Waals surface area contributed by atoms with E-state index in [1.54, 1.807) is 0 Å². The van der Waals surface area contributed by atoms with Crippen LogP contribution in [0.1, 0.15) is 162 Å². The van der Waals surface area contributed by atoms with Crippen molar-refractivity contribution >= 4 is 25.7 Å². The lowest BCUT2D eigenvalue weighted by Gasteiger charge is -2.20. The predicted molar refractivity (Wildman–Crippen MR) is 212 cm³/mol. The third-order valence-corrected chi connectivity index (χ3v) is 9.25. The first-order valence-electron chi connectivity index (χ1n) is 20.2. The monoisotopic (exact) mass is 769 g/mol. The van der Waals surface area contributed by atoms with Gasteiger partial charge in [-0.25, -0.2) is 4.57 Å². The van der Waals surface area contributed by atoms with Crippen LogP contribution in [0.25, 0.3) is 0 Å². The number of unbranched alkanes of at least 4 members (excludes halogenated alkanes) is 15. The van der Waals surface area contributed by atoms with Crippen LogP contribution in [0.4, 0.5) is 0 Å². The molecule has 0 aliphatic heterocycles. The zero-order valence-electron chi connectivity index (χ0n) is 32.8. The van der Waals surface area contributed by atoms with Crippen molar-refractivity contribution in [3.05, 3.63) is 48.6 Å². The molecule has 1 unspecified atom stereocenters. The van der Waals surface area contributed by atoms with Crippen LogP contribution in [-0.4, -0.2) is 59.9 Å². The van der Waals surface area contributed by atoms with Gasteiger partial charge in [-0.15, -0.1) is 0 Å². The number of carbonyl (C=O) groups is 3. The molecule has 0 fully saturated rings. The molecule has 12 heteroatoms. The first kappa shape index (κ1) is 50.4. The average molecular weight is 770 g/mol. The molecule has 0 amide bonds. The molecular weight excluding hydrogens is 697 g/mol. The first-order valence-corrected chi connectivity index (χ1v) is 21.7. The van der Waals surface area contributed by atoms with Gasteiger partial charge in [0.05, 0.1) is 13.2 Å². The van der Waals surface area contributed by atoms with E-state index < -0.39 is 51.1 Å². The summed E-state index contributed by atoms with van der Waals surface area (Å²) < 4.78 is 32.6. The van der Waals surface area contributed by atoms with Crippen LogP contribution in [0.5, 0.6) is 0 Å². The number of hydrogen-bond acceptors (Lipinski definition) is 9. The number of carbonyl (C=O) groups excluding carboxylic acids is 2. The van der Waals surface area contributed by atoms with E-state index in [1.807, 2.05) is 0 Å². The first-order chi connectivity index (χ1) is 25.6. The maximum absolute atomic E-state index is 12.6. The summed E-state index contributed by atoms with van der Waals surface area (Å²) in [6.07, 6.45) is 38.9. The van der Waals surface area contributed by atoms with Crippen molar-refractivity contribution in [1.29, 1.82) is 0 Å². The molecule has 306 valence electrons. The number of nitrogens with two attached hydrogens (primary N) is 1. The molecule has 0 aromatic heterocycles. The fourth-order valence-electron chi connectivity index (χ4n) is 5.05. The van der Waals surface area contributed by atoms with E-state index in [9.17, 15) is 23.8 Å². The quantitative estimate of drug-likeness (QED) is 0.0238. The van der Waals surface area contributed by atoms with E-state index in [-0.39, 0.29) is 19.4 Å². The Balaban J connectivity index is 4.50. The lowest BCUT2D eigenvalue weighted by molar-refractivity contribution is -0.161. The molecule has 4 N–H and O–H groups in total. The van der Waals surface area contributed by atoms with Gasteiger partial charge >= 0.3 is 25.7 Å².